The Balaban J connectivity index is 2.07. The Kier molecular flexibility index (Phi) is 3.04. The minimum atomic E-state index is -0.498. The van der Waals surface area contributed by atoms with Gasteiger partial charge in [0.15, 0.2) is 0 Å². The van der Waals surface area contributed by atoms with Crippen LogP contribution in [0.25, 0.3) is 0 Å². The molecular formula is C11H12N4O2. The predicted molar refractivity (Wildman–Crippen MR) is 61.5 cm³/mol. The molecule has 0 aliphatic rings. The minimum absolute atomic E-state index is 0.0159. The lowest BCUT2D eigenvalue weighted by Crippen LogP contribution is -2.27. The second-order valence-electron chi connectivity index (χ2n) is 3.63. The monoisotopic (exact) mass is 232 g/mol. The Hall–Kier alpha value is -2.37. The number of benzene rings is 1. The fraction of sp³-hybridized carbons (Fsp3) is 0.182. The molecule has 1 amide bonds. The molecule has 1 atom stereocenters. The molecule has 3 N–H and O–H groups in total. The Labute approximate surface area is 97.1 Å². The van der Waals surface area contributed by atoms with Crippen molar-refractivity contribution in [3.8, 4) is 0 Å². The summed E-state index contributed by atoms with van der Waals surface area (Å²) >= 11 is 0. The number of H-pyrrole nitrogens is 2. The quantitative estimate of drug-likeness (QED) is 0.723. The Morgan fingerprint density at radius 2 is 2.06 bits per heavy atom. The first kappa shape index (κ1) is 11.1. The van der Waals surface area contributed by atoms with Gasteiger partial charge in [0.1, 0.15) is 0 Å². The lowest BCUT2D eigenvalue weighted by molar-refractivity contribution is 0.0929. The largest absolute Gasteiger partial charge is 0.343 e. The van der Waals surface area contributed by atoms with Gasteiger partial charge in [-0.25, -0.2) is 9.89 Å². The van der Waals surface area contributed by atoms with Crippen LogP contribution in [0.2, 0.25) is 0 Å². The zero-order valence-electron chi connectivity index (χ0n) is 9.23. The lowest BCUT2D eigenvalue weighted by atomic mass is 10.1. The van der Waals surface area contributed by atoms with Crippen LogP contribution in [0, 0.1) is 0 Å². The van der Waals surface area contributed by atoms with Crippen LogP contribution in [-0.4, -0.2) is 21.1 Å². The maximum absolute atomic E-state index is 11.7. The fourth-order valence-corrected chi connectivity index (χ4v) is 1.47. The summed E-state index contributed by atoms with van der Waals surface area (Å²) in [6, 6.07) is 9.38. The summed E-state index contributed by atoms with van der Waals surface area (Å²) in [5.74, 6) is -0.433. The first-order chi connectivity index (χ1) is 8.16. The van der Waals surface area contributed by atoms with Crippen LogP contribution in [0.4, 0.5) is 0 Å². The van der Waals surface area contributed by atoms with E-state index in [0.717, 1.165) is 5.56 Å². The highest BCUT2D eigenvalue weighted by atomic mass is 16.2. The van der Waals surface area contributed by atoms with Gasteiger partial charge in [0.2, 0.25) is 5.82 Å². The van der Waals surface area contributed by atoms with Crippen molar-refractivity contribution in [1.82, 2.24) is 20.5 Å². The second kappa shape index (κ2) is 4.65. The Bertz CT molecular complexity index is 558. The molecule has 6 heteroatoms. The van der Waals surface area contributed by atoms with E-state index in [2.05, 4.69) is 20.5 Å². The zero-order chi connectivity index (χ0) is 12.3. The van der Waals surface area contributed by atoms with Crippen LogP contribution in [-0.2, 0) is 0 Å². The van der Waals surface area contributed by atoms with Crippen LogP contribution in [0.5, 0.6) is 0 Å². The molecule has 0 aliphatic heterocycles. The number of hydrogen-bond acceptors (Lipinski definition) is 3. The van der Waals surface area contributed by atoms with Crippen LogP contribution in [0.3, 0.4) is 0 Å². The highest BCUT2D eigenvalue weighted by Crippen LogP contribution is 2.11. The zero-order valence-corrected chi connectivity index (χ0v) is 9.23. The van der Waals surface area contributed by atoms with E-state index in [1.807, 2.05) is 37.3 Å². The normalized spacial score (nSPS) is 12.1. The molecule has 2 rings (SSSR count). The molecule has 17 heavy (non-hydrogen) atoms. The average Bonchev–Trinajstić information content (AvgIpc) is 2.77. The summed E-state index contributed by atoms with van der Waals surface area (Å²) in [5, 5.41) is 8.43. The van der Waals surface area contributed by atoms with Crippen molar-refractivity contribution in [1.29, 1.82) is 0 Å². The third kappa shape index (κ3) is 2.60. The van der Waals surface area contributed by atoms with Gasteiger partial charge >= 0.3 is 5.69 Å². The van der Waals surface area contributed by atoms with Gasteiger partial charge in [0, 0.05) is 0 Å². The summed E-state index contributed by atoms with van der Waals surface area (Å²) in [4.78, 5) is 24.8. The molecule has 0 saturated heterocycles. The molecule has 1 aromatic carbocycles. The number of nitrogens with zero attached hydrogens (tertiary/aromatic N) is 1. The predicted octanol–water partition coefficient (Wildman–Crippen LogP) is 0.589. The fourth-order valence-electron chi connectivity index (χ4n) is 1.47. The molecule has 6 nitrogen and oxygen atoms in total. The molecule has 2 aromatic rings. The molecule has 0 aliphatic carbocycles. The van der Waals surface area contributed by atoms with E-state index in [1.165, 1.54) is 0 Å². The average molecular weight is 232 g/mol. The van der Waals surface area contributed by atoms with Crippen LogP contribution in [0.1, 0.15) is 29.1 Å². The first-order valence-electron chi connectivity index (χ1n) is 5.17. The van der Waals surface area contributed by atoms with Gasteiger partial charge in [-0.15, -0.1) is 5.10 Å². The Morgan fingerprint density at radius 3 is 2.65 bits per heavy atom. The van der Waals surface area contributed by atoms with Gasteiger partial charge in [-0.3, -0.25) is 9.78 Å². The van der Waals surface area contributed by atoms with E-state index in [1.54, 1.807) is 0 Å². The van der Waals surface area contributed by atoms with Gasteiger partial charge in [-0.05, 0) is 12.5 Å². The minimum Gasteiger partial charge on any atom is -0.343 e. The third-order valence-corrected chi connectivity index (χ3v) is 2.36. The number of aromatic amines is 2. The van der Waals surface area contributed by atoms with Gasteiger partial charge in [-0.1, -0.05) is 30.3 Å². The summed E-state index contributed by atoms with van der Waals surface area (Å²) in [6.45, 7) is 1.86. The van der Waals surface area contributed by atoms with Crippen LogP contribution in [0.15, 0.2) is 35.1 Å². The van der Waals surface area contributed by atoms with Crippen molar-refractivity contribution in [2.45, 2.75) is 13.0 Å². The van der Waals surface area contributed by atoms with E-state index in [0.29, 0.717) is 0 Å². The highest BCUT2D eigenvalue weighted by molar-refractivity contribution is 5.90. The van der Waals surface area contributed by atoms with Crippen molar-refractivity contribution in [3.63, 3.8) is 0 Å². The van der Waals surface area contributed by atoms with Crippen molar-refractivity contribution in [3.05, 3.63) is 52.2 Å². The standard InChI is InChI=1S/C11H12N4O2/c1-7(8-5-3-2-4-6-8)12-10(16)9-13-11(17)15-14-9/h2-7H,1H3,(H,12,16)(H2,13,14,15,17). The summed E-state index contributed by atoms with van der Waals surface area (Å²) in [5.41, 5.74) is 0.487. The van der Waals surface area contributed by atoms with Gasteiger partial charge in [0.05, 0.1) is 6.04 Å². The SMILES string of the molecule is CC(NC(=O)c1n[nH]c(=O)[nH]1)c1ccccc1. The van der Waals surface area contributed by atoms with Crippen molar-refractivity contribution >= 4 is 5.91 Å². The van der Waals surface area contributed by atoms with E-state index in [4.69, 9.17) is 0 Å². The van der Waals surface area contributed by atoms with Crippen molar-refractivity contribution in [2.75, 3.05) is 0 Å². The van der Waals surface area contributed by atoms with Crippen molar-refractivity contribution in [2.24, 2.45) is 0 Å². The van der Waals surface area contributed by atoms with Gasteiger partial charge in [0.25, 0.3) is 5.91 Å². The van der Waals surface area contributed by atoms with Crippen LogP contribution < -0.4 is 11.0 Å². The van der Waals surface area contributed by atoms with E-state index in [-0.39, 0.29) is 11.9 Å². The summed E-state index contributed by atoms with van der Waals surface area (Å²) in [6.07, 6.45) is 0. The number of amides is 1. The number of nitrogens with one attached hydrogen (secondary N) is 3. The topological polar surface area (TPSA) is 90.6 Å². The molecule has 88 valence electrons. The van der Waals surface area contributed by atoms with E-state index >= 15 is 0 Å². The maximum atomic E-state index is 11.7. The Morgan fingerprint density at radius 1 is 1.35 bits per heavy atom. The smallest absolute Gasteiger partial charge is 0.341 e. The molecule has 0 bridgehead atoms. The summed E-state index contributed by atoms with van der Waals surface area (Å²) < 4.78 is 0. The van der Waals surface area contributed by atoms with E-state index < -0.39 is 11.6 Å². The highest BCUT2D eigenvalue weighted by Gasteiger charge is 2.13. The molecule has 0 radical (unpaired) electrons. The van der Waals surface area contributed by atoms with Gasteiger partial charge < -0.3 is 5.32 Å². The van der Waals surface area contributed by atoms with Crippen molar-refractivity contribution < 1.29 is 4.79 Å². The maximum Gasteiger partial charge on any atom is 0.341 e. The number of carbonyl (C=O) groups is 1. The lowest BCUT2D eigenvalue weighted by Gasteiger charge is -2.12. The number of carbonyl (C=O) groups excluding carboxylic acids is 1. The first-order valence-corrected chi connectivity index (χ1v) is 5.17. The number of hydrogen-bond donors (Lipinski definition) is 3. The molecule has 0 saturated carbocycles. The third-order valence-electron chi connectivity index (χ3n) is 2.36. The molecule has 1 aromatic heterocycles. The number of rotatable bonds is 3. The second-order valence-corrected chi connectivity index (χ2v) is 3.63. The summed E-state index contributed by atoms with van der Waals surface area (Å²) in [7, 11) is 0. The van der Waals surface area contributed by atoms with E-state index in [9.17, 15) is 9.59 Å². The van der Waals surface area contributed by atoms with Gasteiger partial charge in [-0.2, -0.15) is 0 Å². The molecule has 1 heterocycles. The number of aromatic nitrogens is 3. The molecular weight excluding hydrogens is 220 g/mol. The molecule has 1 unspecified atom stereocenters. The molecule has 0 spiro atoms. The molecule has 0 fully saturated rings. The van der Waals surface area contributed by atoms with Crippen LogP contribution >= 0.6 is 0 Å².